The van der Waals surface area contributed by atoms with Gasteiger partial charge in [-0.15, -0.1) is 0 Å². The molecule has 154 valence electrons. The molecule has 1 aliphatic heterocycles. The average Bonchev–Trinajstić information content (AvgIpc) is 3.02. The Kier molecular flexibility index (Phi) is 3.49. The zero-order chi connectivity index (χ0) is 20.9. The van der Waals surface area contributed by atoms with Crippen LogP contribution in [-0.4, -0.2) is 36.0 Å². The van der Waals surface area contributed by atoms with Crippen LogP contribution in [0, 0.1) is 17.3 Å². The van der Waals surface area contributed by atoms with Crippen molar-refractivity contribution in [2.45, 2.75) is 45.1 Å². The van der Waals surface area contributed by atoms with E-state index in [1.54, 1.807) is 6.07 Å². The molecule has 2 aliphatic carbocycles. The Labute approximate surface area is 169 Å². The Morgan fingerprint density at radius 2 is 1.93 bits per heavy atom. The van der Waals surface area contributed by atoms with Gasteiger partial charge < -0.3 is 24.4 Å². The predicted octanol–water partition coefficient (Wildman–Crippen LogP) is 4.35. The Bertz CT molecular complexity index is 1070. The number of fused-ring (bicyclic) bond motifs is 4. The van der Waals surface area contributed by atoms with Crippen LogP contribution in [0.25, 0.3) is 10.8 Å². The number of carbonyl (C=O) groups is 1. The number of phenols is 2. The zero-order valence-electron chi connectivity index (χ0n) is 17.3. The summed E-state index contributed by atoms with van der Waals surface area (Å²) in [6.45, 7) is 6.61. The summed E-state index contributed by atoms with van der Waals surface area (Å²) in [4.78, 5) is 12.3. The van der Waals surface area contributed by atoms with Crippen LogP contribution >= 0.6 is 0 Å². The van der Waals surface area contributed by atoms with E-state index in [0.717, 1.165) is 18.4 Å². The summed E-state index contributed by atoms with van der Waals surface area (Å²) >= 11 is 0. The SMILES string of the molecule is COC(=O)c1cc(OC)c2cc(O)c3c(c2c1O)[C@H]1C2[C@@H](CC[C@]2(C)O3)C1(C)C. The van der Waals surface area contributed by atoms with E-state index >= 15 is 0 Å². The van der Waals surface area contributed by atoms with Gasteiger partial charge in [-0.3, -0.25) is 0 Å². The Morgan fingerprint density at radius 3 is 2.59 bits per heavy atom. The molecule has 0 saturated heterocycles. The molecule has 0 aromatic heterocycles. The van der Waals surface area contributed by atoms with Gasteiger partial charge >= 0.3 is 5.97 Å². The molecule has 6 nitrogen and oxygen atoms in total. The number of aromatic hydroxyl groups is 2. The van der Waals surface area contributed by atoms with Crippen LogP contribution in [0.15, 0.2) is 12.1 Å². The Morgan fingerprint density at radius 1 is 1.21 bits per heavy atom. The van der Waals surface area contributed by atoms with E-state index in [4.69, 9.17) is 14.2 Å². The predicted molar refractivity (Wildman–Crippen MR) is 107 cm³/mol. The fourth-order valence-electron chi connectivity index (χ4n) is 6.48. The lowest BCUT2D eigenvalue weighted by molar-refractivity contribution is -0.120. The molecule has 0 radical (unpaired) electrons. The molecule has 6 heteroatoms. The second-order valence-electron chi connectivity index (χ2n) is 9.41. The lowest BCUT2D eigenvalue weighted by Gasteiger charge is -2.62. The van der Waals surface area contributed by atoms with E-state index in [2.05, 4.69) is 20.8 Å². The molecular weight excluding hydrogens is 372 g/mol. The standard InChI is InChI=1S/C23H26O6/c1-22(2)12-6-7-23(3)17(12)18(22)16-15-10(8-13(24)20(16)29-23)14(27-4)9-11(19(15)25)21(26)28-5/h8-9,12,17-18,24-25H,6-7H2,1-5H3/t12-,17?,18+,23+/m1/s1. The topological polar surface area (TPSA) is 85.2 Å². The van der Waals surface area contributed by atoms with E-state index in [-0.39, 0.29) is 34.0 Å². The third-order valence-corrected chi connectivity index (χ3v) is 7.81. The molecule has 2 aromatic carbocycles. The van der Waals surface area contributed by atoms with Crippen LogP contribution in [0.1, 0.15) is 55.5 Å². The summed E-state index contributed by atoms with van der Waals surface area (Å²) in [5.74, 6) is 0.964. The van der Waals surface area contributed by atoms with Crippen molar-refractivity contribution in [1.82, 2.24) is 0 Å². The summed E-state index contributed by atoms with van der Waals surface area (Å²) in [6, 6.07) is 3.00. The van der Waals surface area contributed by atoms with Gasteiger partial charge in [-0.05, 0) is 43.2 Å². The van der Waals surface area contributed by atoms with E-state index < -0.39 is 5.97 Å². The van der Waals surface area contributed by atoms with Gasteiger partial charge in [-0.1, -0.05) is 13.8 Å². The van der Waals surface area contributed by atoms with Crippen LogP contribution in [0.2, 0.25) is 0 Å². The number of hydrogen-bond donors (Lipinski definition) is 2. The molecule has 2 aromatic rings. The van der Waals surface area contributed by atoms with Crippen LogP contribution in [0.4, 0.5) is 0 Å². The average molecular weight is 398 g/mol. The van der Waals surface area contributed by atoms with Crippen molar-refractivity contribution in [3.05, 3.63) is 23.3 Å². The third kappa shape index (κ3) is 2.04. The molecule has 2 saturated carbocycles. The van der Waals surface area contributed by atoms with Crippen LogP contribution in [0.3, 0.4) is 0 Å². The molecular formula is C23H26O6. The third-order valence-electron chi connectivity index (χ3n) is 7.81. The molecule has 3 aliphatic rings. The van der Waals surface area contributed by atoms with Crippen molar-refractivity contribution >= 4 is 16.7 Å². The van der Waals surface area contributed by atoms with E-state index in [0.29, 0.717) is 34.1 Å². The van der Waals surface area contributed by atoms with E-state index in [1.807, 2.05) is 0 Å². The van der Waals surface area contributed by atoms with Gasteiger partial charge in [0.05, 0.1) is 14.2 Å². The monoisotopic (exact) mass is 398 g/mol. The minimum atomic E-state index is -0.641. The lowest BCUT2D eigenvalue weighted by atomic mass is 9.44. The van der Waals surface area contributed by atoms with Gasteiger partial charge in [-0.25, -0.2) is 4.79 Å². The highest BCUT2D eigenvalue weighted by atomic mass is 16.5. The number of ether oxygens (including phenoxy) is 3. The molecule has 0 bridgehead atoms. The Balaban J connectivity index is 1.90. The smallest absolute Gasteiger partial charge is 0.341 e. The number of hydrogen-bond acceptors (Lipinski definition) is 6. The van der Waals surface area contributed by atoms with Gasteiger partial charge in [0.25, 0.3) is 0 Å². The quantitative estimate of drug-likeness (QED) is 0.732. The molecule has 2 N–H and O–H groups in total. The van der Waals surface area contributed by atoms with Crippen LogP contribution in [-0.2, 0) is 4.74 Å². The molecule has 1 unspecified atom stereocenters. The highest BCUT2D eigenvalue weighted by Crippen LogP contribution is 2.75. The zero-order valence-corrected chi connectivity index (χ0v) is 17.3. The van der Waals surface area contributed by atoms with E-state index in [1.165, 1.54) is 20.3 Å². The van der Waals surface area contributed by atoms with Crippen molar-refractivity contribution in [3.63, 3.8) is 0 Å². The summed E-state index contributed by atoms with van der Waals surface area (Å²) in [7, 11) is 2.77. The van der Waals surface area contributed by atoms with E-state index in [9.17, 15) is 15.0 Å². The summed E-state index contributed by atoms with van der Waals surface area (Å²) in [5.41, 5.74) is 0.469. The van der Waals surface area contributed by atoms with Gasteiger partial charge in [0.2, 0.25) is 0 Å². The molecule has 29 heavy (non-hydrogen) atoms. The molecule has 0 spiro atoms. The fourth-order valence-corrected chi connectivity index (χ4v) is 6.48. The lowest BCUT2D eigenvalue weighted by Crippen LogP contribution is -2.59. The minimum absolute atomic E-state index is 0.0113. The molecule has 2 fully saturated rings. The number of methoxy groups -OCH3 is 2. The van der Waals surface area contributed by atoms with Crippen molar-refractivity contribution in [2.24, 2.45) is 17.3 Å². The van der Waals surface area contributed by atoms with Gasteiger partial charge in [-0.2, -0.15) is 0 Å². The second-order valence-corrected chi connectivity index (χ2v) is 9.41. The second kappa shape index (κ2) is 5.49. The van der Waals surface area contributed by atoms with Gasteiger partial charge in [0.15, 0.2) is 11.5 Å². The van der Waals surface area contributed by atoms with Crippen molar-refractivity contribution in [2.75, 3.05) is 14.2 Å². The molecule has 4 atom stereocenters. The number of rotatable bonds is 2. The molecule has 0 amide bonds. The largest absolute Gasteiger partial charge is 0.506 e. The molecule has 1 heterocycles. The highest BCUT2D eigenvalue weighted by Gasteiger charge is 2.69. The highest BCUT2D eigenvalue weighted by molar-refractivity contribution is 6.07. The van der Waals surface area contributed by atoms with Crippen LogP contribution < -0.4 is 9.47 Å². The number of benzene rings is 2. The first kappa shape index (κ1) is 18.4. The molecule has 5 rings (SSSR count). The van der Waals surface area contributed by atoms with Crippen molar-refractivity contribution < 1.29 is 29.2 Å². The minimum Gasteiger partial charge on any atom is -0.506 e. The summed E-state index contributed by atoms with van der Waals surface area (Å²) in [5, 5.41) is 23.1. The normalized spacial score (nSPS) is 30.7. The maximum Gasteiger partial charge on any atom is 0.341 e. The summed E-state index contributed by atoms with van der Waals surface area (Å²) in [6.07, 6.45) is 2.02. The number of phenolic OH excluding ortho intramolecular Hbond substituents is 2. The first-order valence-electron chi connectivity index (χ1n) is 10.0. The number of esters is 1. The summed E-state index contributed by atoms with van der Waals surface area (Å²) < 4.78 is 16.8. The Hall–Kier alpha value is -2.63. The van der Waals surface area contributed by atoms with Crippen molar-refractivity contribution in [3.8, 4) is 23.0 Å². The van der Waals surface area contributed by atoms with Crippen LogP contribution in [0.5, 0.6) is 23.0 Å². The fraction of sp³-hybridized carbons (Fsp3) is 0.522. The van der Waals surface area contributed by atoms with Gasteiger partial charge in [0.1, 0.15) is 22.7 Å². The maximum atomic E-state index is 12.3. The first-order chi connectivity index (χ1) is 13.7. The van der Waals surface area contributed by atoms with Crippen molar-refractivity contribution in [1.29, 1.82) is 0 Å². The number of carbonyl (C=O) groups excluding carboxylic acids is 1. The first-order valence-corrected chi connectivity index (χ1v) is 10.0. The van der Waals surface area contributed by atoms with Gasteiger partial charge in [0, 0.05) is 28.2 Å². The maximum absolute atomic E-state index is 12.3.